The summed E-state index contributed by atoms with van der Waals surface area (Å²) in [6.07, 6.45) is 0.376. The maximum Gasteiger partial charge on any atom is 0.323 e. The molecule has 2 aromatic rings. The van der Waals surface area contributed by atoms with Gasteiger partial charge >= 0.3 is 5.97 Å². The van der Waals surface area contributed by atoms with Crippen molar-refractivity contribution < 1.29 is 14.3 Å². The van der Waals surface area contributed by atoms with Crippen molar-refractivity contribution in [3.63, 3.8) is 0 Å². The lowest BCUT2D eigenvalue weighted by Gasteiger charge is -2.14. The Labute approximate surface area is 130 Å². The fourth-order valence-electron chi connectivity index (χ4n) is 2.07. The minimum atomic E-state index is -0.692. The van der Waals surface area contributed by atoms with Crippen LogP contribution >= 0.6 is 0 Å². The van der Waals surface area contributed by atoms with Crippen molar-refractivity contribution in [2.75, 3.05) is 6.61 Å². The highest BCUT2D eigenvalue weighted by molar-refractivity contribution is 5.76. The normalized spacial score (nSPS) is 11.8. The Hall–Kier alpha value is -2.33. The zero-order valence-corrected chi connectivity index (χ0v) is 12.9. The zero-order chi connectivity index (χ0) is 15.9. The third kappa shape index (κ3) is 4.33. The molecule has 2 aromatic carbocycles. The van der Waals surface area contributed by atoms with Gasteiger partial charge in [0.1, 0.15) is 17.5 Å². The van der Waals surface area contributed by atoms with Crippen LogP contribution in [0.5, 0.6) is 11.5 Å². The molecule has 4 heteroatoms. The third-order valence-corrected chi connectivity index (χ3v) is 3.25. The number of hydrogen-bond donors (Lipinski definition) is 1. The van der Waals surface area contributed by atoms with Crippen LogP contribution in [0.3, 0.4) is 0 Å². The van der Waals surface area contributed by atoms with Crippen LogP contribution in [0.2, 0.25) is 0 Å². The summed E-state index contributed by atoms with van der Waals surface area (Å²) in [6, 6.07) is 14.7. The molecule has 0 radical (unpaired) electrons. The van der Waals surface area contributed by atoms with Gasteiger partial charge < -0.3 is 15.2 Å². The van der Waals surface area contributed by atoms with E-state index in [1.54, 1.807) is 6.92 Å². The lowest BCUT2D eigenvalue weighted by atomic mass is 10.1. The SMILES string of the molecule is CCOC(=O)C(N)Cc1ccccc1Oc1ccc(C)cc1. The van der Waals surface area contributed by atoms with Crippen LogP contribution in [-0.4, -0.2) is 18.6 Å². The maximum absolute atomic E-state index is 11.7. The first-order valence-corrected chi connectivity index (χ1v) is 7.34. The van der Waals surface area contributed by atoms with E-state index in [4.69, 9.17) is 15.2 Å². The van der Waals surface area contributed by atoms with Crippen LogP contribution in [0.1, 0.15) is 18.1 Å². The number of benzene rings is 2. The van der Waals surface area contributed by atoms with Gasteiger partial charge in [0.15, 0.2) is 0 Å². The summed E-state index contributed by atoms with van der Waals surface area (Å²) < 4.78 is 10.8. The number of carbonyl (C=O) groups is 1. The Morgan fingerprint density at radius 2 is 1.82 bits per heavy atom. The molecular weight excluding hydrogens is 278 g/mol. The summed E-state index contributed by atoms with van der Waals surface area (Å²) in [4.78, 5) is 11.7. The third-order valence-electron chi connectivity index (χ3n) is 3.25. The molecule has 0 bridgehead atoms. The highest BCUT2D eigenvalue weighted by Gasteiger charge is 2.17. The van der Waals surface area contributed by atoms with Crippen molar-refractivity contribution >= 4 is 5.97 Å². The van der Waals surface area contributed by atoms with E-state index in [2.05, 4.69) is 0 Å². The fourth-order valence-corrected chi connectivity index (χ4v) is 2.07. The molecule has 0 aliphatic rings. The zero-order valence-electron chi connectivity index (χ0n) is 12.9. The molecule has 0 heterocycles. The van der Waals surface area contributed by atoms with Crippen LogP contribution in [0.15, 0.2) is 48.5 Å². The lowest BCUT2D eigenvalue weighted by molar-refractivity contribution is -0.144. The maximum atomic E-state index is 11.7. The second-order valence-electron chi connectivity index (χ2n) is 5.09. The molecule has 4 nitrogen and oxygen atoms in total. The number of aryl methyl sites for hydroxylation is 1. The molecular formula is C18H21NO3. The predicted molar refractivity (Wildman–Crippen MR) is 86.0 cm³/mol. The monoisotopic (exact) mass is 299 g/mol. The van der Waals surface area contributed by atoms with E-state index < -0.39 is 12.0 Å². The van der Waals surface area contributed by atoms with Gasteiger partial charge in [-0.05, 0) is 37.6 Å². The number of nitrogens with two attached hydrogens (primary N) is 1. The molecule has 0 saturated heterocycles. The van der Waals surface area contributed by atoms with Crippen LogP contribution in [0, 0.1) is 6.92 Å². The van der Waals surface area contributed by atoms with Gasteiger partial charge in [-0.3, -0.25) is 4.79 Å². The quantitative estimate of drug-likeness (QED) is 0.832. The van der Waals surface area contributed by atoms with E-state index in [1.165, 1.54) is 5.56 Å². The van der Waals surface area contributed by atoms with E-state index in [-0.39, 0.29) is 0 Å². The van der Waals surface area contributed by atoms with E-state index >= 15 is 0 Å². The molecule has 0 fully saturated rings. The average molecular weight is 299 g/mol. The van der Waals surface area contributed by atoms with Crippen molar-refractivity contribution in [2.45, 2.75) is 26.3 Å². The molecule has 0 aliphatic heterocycles. The van der Waals surface area contributed by atoms with Gasteiger partial charge in [0.25, 0.3) is 0 Å². The van der Waals surface area contributed by atoms with Gasteiger partial charge in [0.2, 0.25) is 0 Å². The summed E-state index contributed by atoms with van der Waals surface area (Å²) in [7, 11) is 0. The highest BCUT2D eigenvalue weighted by atomic mass is 16.5. The Bertz CT molecular complexity index is 622. The van der Waals surface area contributed by atoms with E-state index in [0.29, 0.717) is 18.8 Å². The number of carbonyl (C=O) groups excluding carboxylic acids is 1. The van der Waals surface area contributed by atoms with Gasteiger partial charge in [0, 0.05) is 6.42 Å². The van der Waals surface area contributed by atoms with Crippen molar-refractivity contribution in [1.82, 2.24) is 0 Å². The van der Waals surface area contributed by atoms with Crippen LogP contribution in [0.4, 0.5) is 0 Å². The van der Waals surface area contributed by atoms with Gasteiger partial charge in [-0.15, -0.1) is 0 Å². The van der Waals surface area contributed by atoms with Gasteiger partial charge in [-0.25, -0.2) is 0 Å². The van der Waals surface area contributed by atoms with E-state index in [1.807, 2.05) is 55.5 Å². The lowest BCUT2D eigenvalue weighted by Crippen LogP contribution is -2.34. The van der Waals surface area contributed by atoms with Crippen LogP contribution in [0.25, 0.3) is 0 Å². The Kier molecular flexibility index (Phi) is 5.55. The van der Waals surface area contributed by atoms with E-state index in [9.17, 15) is 4.79 Å². The molecule has 1 atom stereocenters. The number of esters is 1. The summed E-state index contributed by atoms with van der Waals surface area (Å²) in [5, 5.41) is 0. The predicted octanol–water partition coefficient (Wildman–Crippen LogP) is 3.22. The van der Waals surface area contributed by atoms with Crippen LogP contribution < -0.4 is 10.5 Å². The van der Waals surface area contributed by atoms with Gasteiger partial charge in [0.05, 0.1) is 6.61 Å². The molecule has 2 N–H and O–H groups in total. The molecule has 22 heavy (non-hydrogen) atoms. The largest absolute Gasteiger partial charge is 0.465 e. The summed E-state index contributed by atoms with van der Waals surface area (Å²) in [5.41, 5.74) is 7.94. The minimum absolute atomic E-state index is 0.327. The molecule has 0 amide bonds. The highest BCUT2D eigenvalue weighted by Crippen LogP contribution is 2.26. The molecule has 1 unspecified atom stereocenters. The molecule has 2 rings (SSSR count). The van der Waals surface area contributed by atoms with Crippen molar-refractivity contribution in [3.05, 3.63) is 59.7 Å². The molecule has 116 valence electrons. The number of ether oxygens (including phenoxy) is 2. The minimum Gasteiger partial charge on any atom is -0.465 e. The van der Waals surface area contributed by atoms with Gasteiger partial charge in [-0.2, -0.15) is 0 Å². The Balaban J connectivity index is 2.12. The van der Waals surface area contributed by atoms with Crippen LogP contribution in [-0.2, 0) is 16.0 Å². The smallest absolute Gasteiger partial charge is 0.323 e. The van der Waals surface area contributed by atoms with E-state index in [0.717, 1.165) is 11.3 Å². The number of rotatable bonds is 6. The first-order chi connectivity index (χ1) is 10.6. The first kappa shape index (κ1) is 16.0. The Morgan fingerprint density at radius 1 is 1.14 bits per heavy atom. The van der Waals surface area contributed by atoms with Crippen molar-refractivity contribution in [2.24, 2.45) is 5.73 Å². The molecule has 0 spiro atoms. The fraction of sp³-hybridized carbons (Fsp3) is 0.278. The second kappa shape index (κ2) is 7.61. The second-order valence-corrected chi connectivity index (χ2v) is 5.09. The molecule has 0 aliphatic carbocycles. The van der Waals surface area contributed by atoms with Crippen molar-refractivity contribution in [1.29, 1.82) is 0 Å². The topological polar surface area (TPSA) is 61.5 Å². The number of para-hydroxylation sites is 1. The van der Waals surface area contributed by atoms with Crippen molar-refractivity contribution in [3.8, 4) is 11.5 Å². The summed E-state index contributed by atoms with van der Waals surface area (Å²) in [5.74, 6) is 1.06. The number of hydrogen-bond acceptors (Lipinski definition) is 4. The first-order valence-electron chi connectivity index (χ1n) is 7.34. The molecule has 0 saturated carbocycles. The summed E-state index contributed by atoms with van der Waals surface area (Å²) in [6.45, 7) is 4.11. The van der Waals surface area contributed by atoms with Gasteiger partial charge in [-0.1, -0.05) is 35.9 Å². The average Bonchev–Trinajstić information content (AvgIpc) is 2.51. The molecule has 0 aromatic heterocycles. The standard InChI is InChI=1S/C18H21NO3/c1-3-21-18(20)16(19)12-14-6-4-5-7-17(14)22-15-10-8-13(2)9-11-15/h4-11,16H,3,12,19H2,1-2H3. The summed E-state index contributed by atoms with van der Waals surface area (Å²) >= 11 is 0. The Morgan fingerprint density at radius 3 is 2.50 bits per heavy atom.